The molecule has 21 heavy (non-hydrogen) atoms. The summed E-state index contributed by atoms with van der Waals surface area (Å²) in [4.78, 5) is 12.5. The van der Waals surface area contributed by atoms with Crippen LogP contribution in [0.4, 0.5) is 0 Å². The van der Waals surface area contributed by atoms with Gasteiger partial charge in [-0.3, -0.25) is 4.79 Å². The van der Waals surface area contributed by atoms with Gasteiger partial charge in [0.1, 0.15) is 0 Å². The number of aromatic nitrogens is 2. The average Bonchev–Trinajstić information content (AvgIpc) is 2.53. The van der Waals surface area contributed by atoms with Crippen molar-refractivity contribution >= 4 is 17.5 Å². The fourth-order valence-electron chi connectivity index (χ4n) is 2.99. The van der Waals surface area contributed by atoms with E-state index in [1.807, 2.05) is 19.9 Å². The number of alkyl halides is 1. The first-order chi connectivity index (χ1) is 10.1. The predicted molar refractivity (Wildman–Crippen MR) is 84.7 cm³/mol. The molecule has 0 bridgehead atoms. The Hall–Kier alpha value is -1.16. The minimum atomic E-state index is -0.0556. The van der Waals surface area contributed by atoms with Gasteiger partial charge >= 0.3 is 0 Å². The van der Waals surface area contributed by atoms with Crippen LogP contribution in [0.2, 0.25) is 0 Å². The summed E-state index contributed by atoms with van der Waals surface area (Å²) in [6.07, 6.45) is 6.60. The molecule has 1 aromatic heterocycles. The fraction of sp³-hybridized carbons (Fsp3) is 0.688. The molecule has 1 aliphatic carbocycles. The molecule has 1 saturated carbocycles. The third-order valence-corrected chi connectivity index (χ3v) is 4.96. The van der Waals surface area contributed by atoms with E-state index in [-0.39, 0.29) is 11.3 Å². The molecule has 1 amide bonds. The molecule has 1 aromatic rings. The van der Waals surface area contributed by atoms with Gasteiger partial charge in [-0.2, -0.15) is 10.2 Å². The first kappa shape index (κ1) is 16.2. The van der Waals surface area contributed by atoms with E-state index in [1.54, 1.807) is 0 Å². The van der Waals surface area contributed by atoms with Gasteiger partial charge in [-0.15, -0.1) is 11.6 Å². The highest BCUT2D eigenvalue weighted by molar-refractivity contribution is 6.18. The summed E-state index contributed by atoms with van der Waals surface area (Å²) < 4.78 is 0. The number of halogens is 1. The van der Waals surface area contributed by atoms with Crippen molar-refractivity contribution in [3.8, 4) is 0 Å². The van der Waals surface area contributed by atoms with Gasteiger partial charge in [-0.05, 0) is 32.3 Å². The van der Waals surface area contributed by atoms with Crippen LogP contribution >= 0.6 is 11.6 Å². The second-order valence-electron chi connectivity index (χ2n) is 6.08. The number of nitrogens with zero attached hydrogens (tertiary/aromatic N) is 2. The van der Waals surface area contributed by atoms with E-state index >= 15 is 0 Å². The van der Waals surface area contributed by atoms with E-state index < -0.39 is 0 Å². The van der Waals surface area contributed by atoms with Gasteiger partial charge in [0.15, 0.2) is 0 Å². The molecule has 0 aliphatic heterocycles. The third kappa shape index (κ3) is 3.94. The molecule has 116 valence electrons. The number of carbonyl (C=O) groups excluding carboxylic acids is 1. The Morgan fingerprint density at radius 1 is 1.33 bits per heavy atom. The monoisotopic (exact) mass is 309 g/mol. The topological polar surface area (TPSA) is 54.9 Å². The number of hydrogen-bond acceptors (Lipinski definition) is 3. The van der Waals surface area contributed by atoms with Gasteiger partial charge in [-0.1, -0.05) is 26.2 Å². The normalized spacial score (nSPS) is 17.5. The largest absolute Gasteiger partial charge is 0.351 e. The van der Waals surface area contributed by atoms with E-state index in [0.717, 1.165) is 24.2 Å². The van der Waals surface area contributed by atoms with Crippen LogP contribution in [0.15, 0.2) is 6.07 Å². The third-order valence-electron chi connectivity index (χ3n) is 4.39. The van der Waals surface area contributed by atoms with Crippen LogP contribution in [0.25, 0.3) is 0 Å². The van der Waals surface area contributed by atoms with Crippen molar-refractivity contribution in [1.82, 2.24) is 15.5 Å². The maximum Gasteiger partial charge on any atom is 0.253 e. The van der Waals surface area contributed by atoms with Crippen molar-refractivity contribution in [2.75, 3.05) is 12.4 Å². The Bertz CT molecular complexity index is 498. The van der Waals surface area contributed by atoms with Gasteiger partial charge in [-0.25, -0.2) is 0 Å². The molecule has 0 atom stereocenters. The summed E-state index contributed by atoms with van der Waals surface area (Å²) in [7, 11) is 0. The zero-order valence-corrected chi connectivity index (χ0v) is 13.7. The fourth-order valence-corrected chi connectivity index (χ4v) is 3.36. The summed E-state index contributed by atoms with van der Waals surface area (Å²) >= 11 is 6.18. The van der Waals surface area contributed by atoms with Gasteiger partial charge in [0.2, 0.25) is 0 Å². The molecule has 2 rings (SSSR count). The minimum Gasteiger partial charge on any atom is -0.351 e. The smallest absolute Gasteiger partial charge is 0.253 e. The van der Waals surface area contributed by atoms with Crippen LogP contribution in [0, 0.1) is 12.3 Å². The summed E-state index contributed by atoms with van der Waals surface area (Å²) in [5.41, 5.74) is 2.23. The maximum atomic E-state index is 12.5. The second-order valence-corrected chi connectivity index (χ2v) is 6.34. The van der Waals surface area contributed by atoms with E-state index in [0.29, 0.717) is 24.4 Å². The predicted octanol–water partition coefficient (Wildman–Crippen LogP) is 3.27. The number of rotatable bonds is 5. The quantitative estimate of drug-likeness (QED) is 0.849. The molecule has 0 unspecified atom stereocenters. The molecule has 0 radical (unpaired) electrons. The minimum absolute atomic E-state index is 0.0556. The van der Waals surface area contributed by atoms with E-state index in [9.17, 15) is 4.79 Å². The lowest BCUT2D eigenvalue weighted by atomic mass is 9.75. The van der Waals surface area contributed by atoms with Crippen molar-refractivity contribution in [3.05, 3.63) is 23.0 Å². The number of hydrogen-bond donors (Lipinski definition) is 1. The summed E-state index contributed by atoms with van der Waals surface area (Å²) in [6.45, 7) is 4.49. The van der Waals surface area contributed by atoms with Crippen molar-refractivity contribution in [3.63, 3.8) is 0 Å². The average molecular weight is 310 g/mol. The molecule has 0 aromatic carbocycles. The second kappa shape index (κ2) is 7.21. The molecule has 1 fully saturated rings. The lowest BCUT2D eigenvalue weighted by Gasteiger charge is -2.35. The van der Waals surface area contributed by atoms with Crippen LogP contribution in [0.1, 0.15) is 60.8 Å². The molecule has 5 heteroatoms. The summed E-state index contributed by atoms with van der Waals surface area (Å²) in [5, 5.41) is 11.2. The van der Waals surface area contributed by atoms with Crippen LogP contribution < -0.4 is 5.32 Å². The van der Waals surface area contributed by atoms with Crippen molar-refractivity contribution in [2.24, 2.45) is 5.41 Å². The zero-order chi connectivity index (χ0) is 15.3. The van der Waals surface area contributed by atoms with E-state index in [2.05, 4.69) is 15.5 Å². The zero-order valence-electron chi connectivity index (χ0n) is 12.9. The van der Waals surface area contributed by atoms with Gasteiger partial charge in [0.05, 0.1) is 17.0 Å². The molecular weight excluding hydrogens is 286 g/mol. The Balaban J connectivity index is 2.06. The highest BCUT2D eigenvalue weighted by atomic mass is 35.5. The molecule has 1 aliphatic rings. The Labute approximate surface area is 131 Å². The van der Waals surface area contributed by atoms with Gasteiger partial charge < -0.3 is 5.32 Å². The first-order valence-electron chi connectivity index (χ1n) is 7.77. The van der Waals surface area contributed by atoms with Gasteiger partial charge in [0, 0.05) is 17.8 Å². The Kier molecular flexibility index (Phi) is 5.57. The maximum absolute atomic E-state index is 12.5. The summed E-state index contributed by atoms with van der Waals surface area (Å²) in [6, 6.07) is 1.81. The van der Waals surface area contributed by atoms with Crippen LogP contribution in [-0.2, 0) is 6.42 Å². The molecule has 0 saturated heterocycles. The molecule has 4 nitrogen and oxygen atoms in total. The van der Waals surface area contributed by atoms with Crippen LogP contribution in [-0.4, -0.2) is 28.5 Å². The number of nitrogens with one attached hydrogen (secondary N) is 1. The van der Waals surface area contributed by atoms with E-state index in [1.165, 1.54) is 19.3 Å². The van der Waals surface area contributed by atoms with Crippen LogP contribution in [0.3, 0.4) is 0 Å². The van der Waals surface area contributed by atoms with Crippen LogP contribution in [0.5, 0.6) is 0 Å². The highest BCUT2D eigenvalue weighted by Gasteiger charge is 2.31. The van der Waals surface area contributed by atoms with Crippen molar-refractivity contribution in [1.29, 1.82) is 0 Å². The van der Waals surface area contributed by atoms with Gasteiger partial charge in [0.25, 0.3) is 5.91 Å². The van der Waals surface area contributed by atoms with Crippen molar-refractivity contribution < 1.29 is 4.79 Å². The molecule has 1 N–H and O–H groups in total. The lowest BCUT2D eigenvalue weighted by Crippen LogP contribution is -2.40. The van der Waals surface area contributed by atoms with E-state index in [4.69, 9.17) is 11.6 Å². The molecule has 1 heterocycles. The first-order valence-corrected chi connectivity index (χ1v) is 8.31. The van der Waals surface area contributed by atoms with Crippen molar-refractivity contribution in [2.45, 2.75) is 52.4 Å². The highest BCUT2D eigenvalue weighted by Crippen LogP contribution is 2.36. The number of amides is 1. The molecular formula is C16H24ClN3O. The standard InChI is InChI=1S/C16H24ClN3O/c1-3-14-13(9-12(2)19-20-14)15(21)18-11-16(10-17)7-5-4-6-8-16/h9H,3-8,10-11H2,1-2H3,(H,18,21). The number of carbonyl (C=O) groups is 1. The SMILES string of the molecule is CCc1nnc(C)cc1C(=O)NCC1(CCl)CCCCC1. The molecule has 0 spiro atoms. The Morgan fingerprint density at radius 3 is 2.67 bits per heavy atom. The summed E-state index contributed by atoms with van der Waals surface area (Å²) in [5.74, 6) is 0.557. The Morgan fingerprint density at radius 2 is 2.05 bits per heavy atom. The lowest BCUT2D eigenvalue weighted by molar-refractivity contribution is 0.0919. The number of aryl methyl sites for hydroxylation is 2.